The third-order valence-corrected chi connectivity index (χ3v) is 7.93. The standard InChI is InChI=1S/C36H47N3/c1-11-12-22-36(9,10)33-38-37-32(39(33)31-21-20-30(23-25(31)2)35(6,7)8)28-15-13-14-27(24-28)26-16-18-29(19-17-26)34(3,4)5/h13-21,23-24H,11-12,22H2,1-10H3. The van der Waals surface area contributed by atoms with Crippen molar-refractivity contribution in [1.82, 2.24) is 14.8 Å². The number of aryl methyl sites for hydroxylation is 1. The molecule has 3 heteroatoms. The molecule has 0 unspecified atom stereocenters. The van der Waals surface area contributed by atoms with Crippen LogP contribution < -0.4 is 0 Å². The zero-order chi connectivity index (χ0) is 28.6. The van der Waals surface area contributed by atoms with Crippen LogP contribution in [0, 0.1) is 6.92 Å². The molecule has 3 aromatic carbocycles. The second-order valence-electron chi connectivity index (χ2n) is 13.8. The zero-order valence-electron chi connectivity index (χ0n) is 25.8. The monoisotopic (exact) mass is 521 g/mol. The summed E-state index contributed by atoms with van der Waals surface area (Å²) in [6.45, 7) is 22.6. The average molecular weight is 522 g/mol. The largest absolute Gasteiger partial charge is 0.278 e. The Labute approximate surface area is 236 Å². The molecule has 39 heavy (non-hydrogen) atoms. The number of nitrogens with zero attached hydrogens (tertiary/aromatic N) is 3. The van der Waals surface area contributed by atoms with Crippen molar-refractivity contribution in [1.29, 1.82) is 0 Å². The Morgan fingerprint density at radius 3 is 1.87 bits per heavy atom. The topological polar surface area (TPSA) is 30.7 Å². The van der Waals surface area contributed by atoms with Crippen molar-refractivity contribution in [3.8, 4) is 28.2 Å². The van der Waals surface area contributed by atoms with Crippen LogP contribution in [0.4, 0.5) is 0 Å². The number of hydrogen-bond acceptors (Lipinski definition) is 2. The molecule has 0 saturated heterocycles. The molecule has 0 bridgehead atoms. The fourth-order valence-corrected chi connectivity index (χ4v) is 5.24. The van der Waals surface area contributed by atoms with E-state index in [9.17, 15) is 0 Å². The molecule has 0 aliphatic heterocycles. The first-order valence-corrected chi connectivity index (χ1v) is 14.5. The first-order chi connectivity index (χ1) is 18.2. The molecule has 206 valence electrons. The van der Waals surface area contributed by atoms with Crippen molar-refractivity contribution in [3.05, 3.63) is 89.2 Å². The Morgan fingerprint density at radius 2 is 1.28 bits per heavy atom. The zero-order valence-corrected chi connectivity index (χ0v) is 25.8. The fourth-order valence-electron chi connectivity index (χ4n) is 5.24. The molecule has 0 atom stereocenters. The smallest absolute Gasteiger partial charge is 0.168 e. The van der Waals surface area contributed by atoms with Crippen molar-refractivity contribution in [2.24, 2.45) is 0 Å². The summed E-state index contributed by atoms with van der Waals surface area (Å²) in [6, 6.07) is 24.6. The van der Waals surface area contributed by atoms with Gasteiger partial charge in [-0.1, -0.05) is 130 Å². The molecule has 1 heterocycles. The minimum atomic E-state index is -0.100. The Hall–Kier alpha value is -3.20. The summed E-state index contributed by atoms with van der Waals surface area (Å²) in [5, 5.41) is 9.70. The quantitative estimate of drug-likeness (QED) is 0.242. The number of hydrogen-bond donors (Lipinski definition) is 0. The first kappa shape index (κ1) is 28.8. The van der Waals surface area contributed by atoms with Crippen molar-refractivity contribution >= 4 is 0 Å². The molecule has 0 saturated carbocycles. The fraction of sp³-hybridized carbons (Fsp3) is 0.444. The molecule has 0 N–H and O–H groups in total. The lowest BCUT2D eigenvalue weighted by Crippen LogP contribution is -2.23. The highest BCUT2D eigenvalue weighted by atomic mass is 15.3. The number of benzene rings is 3. The maximum atomic E-state index is 4.86. The van der Waals surface area contributed by atoms with Gasteiger partial charge in [0.25, 0.3) is 0 Å². The Morgan fingerprint density at radius 1 is 0.667 bits per heavy atom. The van der Waals surface area contributed by atoms with E-state index in [-0.39, 0.29) is 16.2 Å². The van der Waals surface area contributed by atoms with Gasteiger partial charge in [-0.3, -0.25) is 4.57 Å². The highest BCUT2D eigenvalue weighted by Gasteiger charge is 2.30. The summed E-state index contributed by atoms with van der Waals surface area (Å²) < 4.78 is 2.32. The average Bonchev–Trinajstić information content (AvgIpc) is 3.32. The number of aromatic nitrogens is 3. The summed E-state index contributed by atoms with van der Waals surface area (Å²) in [7, 11) is 0. The van der Waals surface area contributed by atoms with E-state index in [1.807, 2.05) is 0 Å². The van der Waals surface area contributed by atoms with E-state index < -0.39 is 0 Å². The molecule has 0 radical (unpaired) electrons. The number of rotatable bonds is 7. The molecule has 0 aliphatic carbocycles. The Bertz CT molecular complexity index is 1420. The lowest BCUT2D eigenvalue weighted by atomic mass is 9.85. The molecule has 4 rings (SSSR count). The highest BCUT2D eigenvalue weighted by molar-refractivity contribution is 5.71. The van der Waals surface area contributed by atoms with Crippen LogP contribution in [-0.2, 0) is 16.2 Å². The molecule has 0 aliphatic rings. The van der Waals surface area contributed by atoms with Gasteiger partial charge in [-0.25, -0.2) is 0 Å². The third kappa shape index (κ3) is 6.19. The van der Waals surface area contributed by atoms with Gasteiger partial charge in [-0.2, -0.15) is 0 Å². The Kier molecular flexibility index (Phi) is 7.94. The summed E-state index contributed by atoms with van der Waals surface area (Å²) in [5.41, 5.74) is 8.69. The van der Waals surface area contributed by atoms with Gasteiger partial charge in [-0.15, -0.1) is 10.2 Å². The van der Waals surface area contributed by atoms with E-state index in [1.165, 1.54) is 34.2 Å². The number of unbranched alkanes of at least 4 members (excludes halogenated alkanes) is 1. The lowest BCUT2D eigenvalue weighted by Gasteiger charge is -2.26. The van der Waals surface area contributed by atoms with Crippen LogP contribution in [-0.4, -0.2) is 14.8 Å². The lowest BCUT2D eigenvalue weighted by molar-refractivity contribution is 0.425. The predicted molar refractivity (Wildman–Crippen MR) is 167 cm³/mol. The molecule has 0 fully saturated rings. The van der Waals surface area contributed by atoms with Crippen LogP contribution in [0.2, 0.25) is 0 Å². The summed E-state index contributed by atoms with van der Waals surface area (Å²) >= 11 is 0. The van der Waals surface area contributed by atoms with Gasteiger partial charge in [0.05, 0.1) is 5.69 Å². The SMILES string of the molecule is CCCCC(C)(C)c1nnc(-c2cccc(-c3ccc(C(C)(C)C)cc3)c2)n1-c1ccc(C(C)(C)C)cc1C. The van der Waals surface area contributed by atoms with E-state index >= 15 is 0 Å². The first-order valence-electron chi connectivity index (χ1n) is 14.5. The van der Waals surface area contributed by atoms with E-state index in [1.54, 1.807) is 0 Å². The van der Waals surface area contributed by atoms with Crippen LogP contribution in [0.5, 0.6) is 0 Å². The van der Waals surface area contributed by atoms with Crippen molar-refractivity contribution in [2.45, 2.75) is 105 Å². The molecule has 4 aromatic rings. The van der Waals surface area contributed by atoms with E-state index in [2.05, 4.69) is 141 Å². The van der Waals surface area contributed by atoms with Crippen LogP contribution in [0.3, 0.4) is 0 Å². The van der Waals surface area contributed by atoms with Crippen molar-refractivity contribution in [2.75, 3.05) is 0 Å². The van der Waals surface area contributed by atoms with Gasteiger partial charge in [0.1, 0.15) is 5.82 Å². The van der Waals surface area contributed by atoms with E-state index in [0.717, 1.165) is 35.7 Å². The van der Waals surface area contributed by atoms with Gasteiger partial charge in [-0.05, 0) is 64.1 Å². The van der Waals surface area contributed by atoms with Crippen molar-refractivity contribution in [3.63, 3.8) is 0 Å². The molecule has 0 amide bonds. The van der Waals surface area contributed by atoms with Gasteiger partial charge in [0.2, 0.25) is 0 Å². The Balaban J connectivity index is 1.86. The normalized spacial score (nSPS) is 12.7. The van der Waals surface area contributed by atoms with E-state index in [4.69, 9.17) is 10.2 Å². The maximum Gasteiger partial charge on any atom is 0.168 e. The van der Waals surface area contributed by atoms with Gasteiger partial charge < -0.3 is 0 Å². The molecule has 1 aromatic heterocycles. The minimum Gasteiger partial charge on any atom is -0.278 e. The van der Waals surface area contributed by atoms with Gasteiger partial charge in [0, 0.05) is 11.0 Å². The van der Waals surface area contributed by atoms with Crippen LogP contribution in [0.25, 0.3) is 28.2 Å². The van der Waals surface area contributed by atoms with E-state index in [0.29, 0.717) is 0 Å². The second kappa shape index (κ2) is 10.8. The molecular weight excluding hydrogens is 474 g/mol. The van der Waals surface area contributed by atoms with Gasteiger partial charge in [0.15, 0.2) is 5.82 Å². The molecule has 3 nitrogen and oxygen atoms in total. The summed E-state index contributed by atoms with van der Waals surface area (Å²) in [6.07, 6.45) is 3.40. The van der Waals surface area contributed by atoms with Gasteiger partial charge >= 0.3 is 0 Å². The molecule has 0 spiro atoms. The highest BCUT2D eigenvalue weighted by Crippen LogP contribution is 2.36. The summed E-state index contributed by atoms with van der Waals surface area (Å²) in [4.78, 5) is 0. The van der Waals surface area contributed by atoms with Crippen LogP contribution in [0.15, 0.2) is 66.7 Å². The summed E-state index contributed by atoms with van der Waals surface area (Å²) in [5.74, 6) is 1.92. The van der Waals surface area contributed by atoms with Crippen LogP contribution in [0.1, 0.15) is 104 Å². The predicted octanol–water partition coefficient (Wildman–Crippen LogP) is 9.97. The third-order valence-electron chi connectivity index (χ3n) is 7.93. The molecular formula is C36H47N3. The maximum absolute atomic E-state index is 4.86. The second-order valence-corrected chi connectivity index (χ2v) is 13.8. The van der Waals surface area contributed by atoms with Crippen LogP contribution >= 0.6 is 0 Å². The van der Waals surface area contributed by atoms with Crippen molar-refractivity contribution < 1.29 is 0 Å². The minimum absolute atomic E-state index is 0.0966.